The fraction of sp³-hybridized carbons (Fsp3) is 0.0556. The molecule has 0 aliphatic carbocycles. The number of hydrogen-bond donors (Lipinski definition) is 2. The molecule has 0 aliphatic rings. The summed E-state index contributed by atoms with van der Waals surface area (Å²) >= 11 is 1.58. The van der Waals surface area contributed by atoms with E-state index in [1.807, 2.05) is 23.6 Å². The molecule has 3 N–H and O–H groups in total. The average Bonchev–Trinajstić information content (AvgIpc) is 3.23. The normalized spacial score (nSPS) is 9.86. The minimum atomic E-state index is -0.424. The van der Waals surface area contributed by atoms with Crippen LogP contribution >= 0.6 is 11.3 Å². The third-order valence-corrected chi connectivity index (χ3v) is 4.74. The van der Waals surface area contributed by atoms with Crippen molar-refractivity contribution in [2.75, 3.05) is 11.1 Å². The molecular weight excluding hydrogens is 376 g/mol. The highest BCUT2D eigenvalue weighted by atomic mass is 32.1. The molecule has 0 aliphatic heterocycles. The van der Waals surface area contributed by atoms with Gasteiger partial charge in [-0.1, -0.05) is 22.4 Å². The number of nitrogens with one attached hydrogen (secondary N) is 1. The van der Waals surface area contributed by atoms with Gasteiger partial charge < -0.3 is 11.1 Å². The lowest BCUT2D eigenvalue weighted by atomic mass is 10.1. The summed E-state index contributed by atoms with van der Waals surface area (Å²) in [6, 6.07) is 13.9. The van der Waals surface area contributed by atoms with E-state index < -0.39 is 5.91 Å². The van der Waals surface area contributed by atoms with Crippen molar-refractivity contribution in [3.05, 3.63) is 85.9 Å². The van der Waals surface area contributed by atoms with Crippen LogP contribution in [0.25, 0.3) is 31.3 Å². The van der Waals surface area contributed by atoms with Gasteiger partial charge in [0.15, 0.2) is 0 Å². The lowest BCUT2D eigenvalue weighted by Crippen LogP contribution is -2.13. The minimum Gasteiger partial charge on any atom is -0.397 e. The first-order chi connectivity index (χ1) is 13.6. The molecule has 0 fully saturated rings. The van der Waals surface area contributed by atoms with Gasteiger partial charge in [-0.25, -0.2) is 0 Å². The summed E-state index contributed by atoms with van der Waals surface area (Å²) < 4.78 is 0. The number of carbonyl (C=O) groups excluding carboxylic acids is 1. The van der Waals surface area contributed by atoms with Gasteiger partial charge in [-0.3, -0.25) is 4.79 Å². The average molecular weight is 390 g/mol. The standard InChI is InChI=1S/C18H14N8OS/c19-15-4-3-12(17-2-1-5-28-17)9-16(15)23-18(27)13-6-11(10-22-25-20)7-14(8-13)24-26-21/h1-9H,10,19H2,(H,23,27). The summed E-state index contributed by atoms with van der Waals surface area (Å²) in [4.78, 5) is 19.2. The molecule has 10 heteroatoms. The van der Waals surface area contributed by atoms with Gasteiger partial charge in [-0.2, -0.15) is 0 Å². The maximum atomic E-state index is 12.7. The molecule has 9 nitrogen and oxygen atoms in total. The van der Waals surface area contributed by atoms with E-state index in [9.17, 15) is 4.79 Å². The van der Waals surface area contributed by atoms with Gasteiger partial charge in [-0.05, 0) is 64.0 Å². The zero-order valence-electron chi connectivity index (χ0n) is 14.5. The quantitative estimate of drug-likeness (QED) is 0.229. The Hall–Kier alpha value is -3.97. The Labute approximate surface area is 163 Å². The number of nitrogens with two attached hydrogens (primary N) is 1. The number of carbonyl (C=O) groups is 1. The second kappa shape index (κ2) is 8.61. The van der Waals surface area contributed by atoms with Gasteiger partial charge in [0.2, 0.25) is 0 Å². The summed E-state index contributed by atoms with van der Waals surface area (Å²) in [5, 5.41) is 11.8. The number of azide groups is 2. The predicted octanol–water partition coefficient (Wildman–Crippen LogP) is 6.00. The van der Waals surface area contributed by atoms with Gasteiger partial charge in [0.25, 0.3) is 5.91 Å². The van der Waals surface area contributed by atoms with Crippen LogP contribution in [-0.2, 0) is 6.54 Å². The van der Waals surface area contributed by atoms with Crippen LogP contribution < -0.4 is 11.1 Å². The molecule has 0 bridgehead atoms. The van der Waals surface area contributed by atoms with Crippen LogP contribution in [0.4, 0.5) is 17.1 Å². The number of hydrogen-bond acceptors (Lipinski definition) is 5. The molecular formula is C18H14N8OS. The topological polar surface area (TPSA) is 153 Å². The first-order valence-corrected chi connectivity index (χ1v) is 8.93. The van der Waals surface area contributed by atoms with Crippen molar-refractivity contribution >= 4 is 34.3 Å². The van der Waals surface area contributed by atoms with Gasteiger partial charge in [0, 0.05) is 26.0 Å². The lowest BCUT2D eigenvalue weighted by molar-refractivity contribution is 0.102. The summed E-state index contributed by atoms with van der Waals surface area (Å²) in [6.07, 6.45) is 0. The molecule has 0 unspecified atom stereocenters. The van der Waals surface area contributed by atoms with Crippen LogP contribution in [0.5, 0.6) is 0 Å². The van der Waals surface area contributed by atoms with Crippen LogP contribution in [0.1, 0.15) is 15.9 Å². The predicted molar refractivity (Wildman–Crippen MR) is 110 cm³/mol. The van der Waals surface area contributed by atoms with Crippen molar-refractivity contribution in [1.82, 2.24) is 0 Å². The van der Waals surface area contributed by atoms with Crippen molar-refractivity contribution < 1.29 is 4.79 Å². The number of amides is 1. The second-order valence-electron chi connectivity index (χ2n) is 5.70. The number of thiophene rings is 1. The van der Waals surface area contributed by atoms with E-state index >= 15 is 0 Å². The van der Waals surface area contributed by atoms with E-state index in [2.05, 4.69) is 25.4 Å². The molecule has 0 atom stereocenters. The molecule has 1 aromatic heterocycles. The van der Waals surface area contributed by atoms with E-state index in [0.717, 1.165) is 10.4 Å². The van der Waals surface area contributed by atoms with E-state index in [0.29, 0.717) is 16.9 Å². The van der Waals surface area contributed by atoms with E-state index in [4.69, 9.17) is 16.8 Å². The Bertz CT molecular complexity index is 1110. The van der Waals surface area contributed by atoms with Gasteiger partial charge in [0.05, 0.1) is 17.9 Å². The zero-order chi connectivity index (χ0) is 19.9. The molecule has 1 heterocycles. The fourth-order valence-corrected chi connectivity index (χ4v) is 3.30. The fourth-order valence-electron chi connectivity index (χ4n) is 2.57. The zero-order valence-corrected chi connectivity index (χ0v) is 15.3. The Morgan fingerprint density at radius 1 is 1.14 bits per heavy atom. The van der Waals surface area contributed by atoms with Gasteiger partial charge >= 0.3 is 0 Å². The molecule has 3 rings (SSSR count). The Morgan fingerprint density at radius 3 is 2.71 bits per heavy atom. The minimum absolute atomic E-state index is 0.0293. The summed E-state index contributed by atoms with van der Waals surface area (Å²) in [6.45, 7) is 0.0293. The number of nitrogen functional groups attached to an aromatic ring is 1. The van der Waals surface area contributed by atoms with Crippen molar-refractivity contribution in [3.8, 4) is 10.4 Å². The highest BCUT2D eigenvalue weighted by Crippen LogP contribution is 2.30. The first-order valence-electron chi connectivity index (χ1n) is 8.05. The van der Waals surface area contributed by atoms with Crippen molar-refractivity contribution in [3.63, 3.8) is 0 Å². The Morgan fingerprint density at radius 2 is 2.00 bits per heavy atom. The van der Waals surface area contributed by atoms with Crippen molar-refractivity contribution in [1.29, 1.82) is 0 Å². The number of anilines is 2. The second-order valence-corrected chi connectivity index (χ2v) is 6.65. The lowest BCUT2D eigenvalue weighted by Gasteiger charge is -2.11. The Balaban J connectivity index is 1.92. The van der Waals surface area contributed by atoms with Crippen LogP contribution in [0.2, 0.25) is 0 Å². The molecule has 28 heavy (non-hydrogen) atoms. The molecule has 0 radical (unpaired) electrons. The highest BCUT2D eigenvalue weighted by Gasteiger charge is 2.12. The number of rotatable bonds is 6. The van der Waals surface area contributed by atoms with Gasteiger partial charge in [0.1, 0.15) is 0 Å². The van der Waals surface area contributed by atoms with Gasteiger partial charge in [-0.15, -0.1) is 11.3 Å². The molecule has 138 valence electrons. The third kappa shape index (κ3) is 4.40. The SMILES string of the molecule is [N-]=[N+]=NCc1cc(N=[N+]=[N-])cc(C(=O)Nc2cc(-c3cccs3)ccc2N)c1. The van der Waals surface area contributed by atoms with E-state index in [1.54, 1.807) is 35.6 Å². The largest absolute Gasteiger partial charge is 0.397 e. The molecule has 0 saturated carbocycles. The smallest absolute Gasteiger partial charge is 0.255 e. The maximum Gasteiger partial charge on any atom is 0.255 e. The van der Waals surface area contributed by atoms with E-state index in [-0.39, 0.29) is 17.8 Å². The third-order valence-electron chi connectivity index (χ3n) is 3.82. The van der Waals surface area contributed by atoms with Crippen LogP contribution in [-0.4, -0.2) is 5.91 Å². The first kappa shape index (κ1) is 18.8. The van der Waals surface area contributed by atoms with Crippen LogP contribution in [0.15, 0.2) is 64.1 Å². The molecule has 0 spiro atoms. The summed E-state index contributed by atoms with van der Waals surface area (Å²) in [7, 11) is 0. The van der Waals surface area contributed by atoms with Crippen LogP contribution in [0, 0.1) is 0 Å². The van der Waals surface area contributed by atoms with E-state index in [1.165, 1.54) is 6.07 Å². The molecule has 2 aromatic carbocycles. The van der Waals surface area contributed by atoms with Crippen LogP contribution in [0.3, 0.4) is 0 Å². The maximum absolute atomic E-state index is 12.7. The summed E-state index contributed by atoms with van der Waals surface area (Å²) in [5.74, 6) is -0.424. The summed E-state index contributed by atoms with van der Waals surface area (Å²) in [5.41, 5.74) is 26.1. The van der Waals surface area contributed by atoms with Crippen molar-refractivity contribution in [2.45, 2.75) is 6.54 Å². The molecule has 0 saturated heterocycles. The monoisotopic (exact) mass is 390 g/mol. The Kier molecular flexibility index (Phi) is 5.78. The highest BCUT2D eigenvalue weighted by molar-refractivity contribution is 7.13. The van der Waals surface area contributed by atoms with Crippen molar-refractivity contribution in [2.24, 2.45) is 10.2 Å². The molecule has 1 amide bonds. The number of benzene rings is 2. The molecule has 3 aromatic rings. The number of nitrogens with zero attached hydrogens (tertiary/aromatic N) is 6.